The molecule has 6 atom stereocenters. The van der Waals surface area contributed by atoms with Crippen LogP contribution in [0.25, 0.3) is 0 Å². The first-order valence-electron chi connectivity index (χ1n) is 11.9. The average molecular weight is 473 g/mol. The van der Waals surface area contributed by atoms with Crippen molar-refractivity contribution in [2.75, 3.05) is 0 Å². The van der Waals surface area contributed by atoms with Crippen molar-refractivity contribution in [3.05, 3.63) is 0 Å². The molecule has 192 valence electrons. The second kappa shape index (κ2) is 11.6. The van der Waals surface area contributed by atoms with Gasteiger partial charge in [-0.15, -0.1) is 0 Å². The van der Waals surface area contributed by atoms with Gasteiger partial charge in [-0.3, -0.25) is 0 Å². The van der Waals surface area contributed by atoms with Crippen molar-refractivity contribution >= 4 is 12.2 Å². The molecule has 0 bridgehead atoms. The Bertz CT molecular complexity index is 597. The minimum atomic E-state index is -1.32. The number of primary amides is 2. The van der Waals surface area contributed by atoms with Crippen molar-refractivity contribution in [2.45, 2.75) is 94.4 Å². The number of rotatable bonds is 10. The molecule has 16 N–H and O–H groups in total. The van der Waals surface area contributed by atoms with Crippen molar-refractivity contribution in [1.82, 2.24) is 0 Å². The maximum atomic E-state index is 11.2. The van der Waals surface area contributed by atoms with E-state index in [9.17, 15) is 9.59 Å². The number of ether oxygens (including phenoxy) is 2. The van der Waals surface area contributed by atoms with Crippen LogP contribution in [-0.2, 0) is 9.47 Å². The molecule has 0 spiro atoms. The minimum absolute atomic E-state index is 0.147. The van der Waals surface area contributed by atoms with Crippen LogP contribution in [0.5, 0.6) is 0 Å². The van der Waals surface area contributed by atoms with Gasteiger partial charge in [0.1, 0.15) is 23.8 Å². The highest BCUT2D eigenvalue weighted by Gasteiger charge is 2.39. The van der Waals surface area contributed by atoms with Gasteiger partial charge >= 0.3 is 12.2 Å². The van der Waals surface area contributed by atoms with Gasteiger partial charge < -0.3 is 55.3 Å². The van der Waals surface area contributed by atoms with E-state index in [1.165, 1.54) is 0 Å². The Morgan fingerprint density at radius 1 is 0.606 bits per heavy atom. The molecule has 0 heterocycles. The summed E-state index contributed by atoms with van der Waals surface area (Å²) in [4.78, 5) is 22.4. The number of hydrogen-bond donors (Lipinski definition) is 8. The Morgan fingerprint density at radius 3 is 1.27 bits per heavy atom. The molecular weight excluding hydrogens is 428 g/mol. The number of carbonyl (C=O) groups is 2. The molecule has 0 aliphatic heterocycles. The molecule has 0 aromatic heterocycles. The van der Waals surface area contributed by atoms with Gasteiger partial charge in [-0.05, 0) is 50.4 Å². The second-order valence-electron chi connectivity index (χ2n) is 10.3. The van der Waals surface area contributed by atoms with Crippen molar-refractivity contribution in [3.8, 4) is 0 Å². The van der Waals surface area contributed by atoms with E-state index in [1.807, 2.05) is 0 Å². The maximum absolute atomic E-state index is 11.2. The van der Waals surface area contributed by atoms with E-state index in [-0.39, 0.29) is 24.0 Å². The predicted molar refractivity (Wildman–Crippen MR) is 124 cm³/mol. The summed E-state index contributed by atoms with van der Waals surface area (Å²) >= 11 is 0. The molecule has 2 aliphatic carbocycles. The summed E-state index contributed by atoms with van der Waals surface area (Å²) in [6, 6.07) is 0. The van der Waals surface area contributed by atoms with Crippen LogP contribution in [0.15, 0.2) is 0 Å². The largest absolute Gasteiger partial charge is 0.446 e. The molecule has 0 radical (unpaired) electrons. The summed E-state index contributed by atoms with van der Waals surface area (Å²) in [5.74, 6) is -2.31. The van der Waals surface area contributed by atoms with Gasteiger partial charge in [-0.2, -0.15) is 0 Å². The summed E-state index contributed by atoms with van der Waals surface area (Å²) in [6.45, 7) is 0. The SMILES string of the molecule is NC(=O)OC1CC(CCCCCC2CC(OC(N)=O)CC(C(N)(N)N)C2)CC(C(N)(N)N)C1. The Labute approximate surface area is 195 Å². The van der Waals surface area contributed by atoms with Crippen molar-refractivity contribution in [1.29, 1.82) is 0 Å². The number of unbranched alkanes of at least 4 members (excludes halogenated alkanes) is 2. The second-order valence-corrected chi connectivity index (χ2v) is 10.3. The van der Waals surface area contributed by atoms with Crippen LogP contribution in [0.3, 0.4) is 0 Å². The highest BCUT2D eigenvalue weighted by Crippen LogP contribution is 2.38. The van der Waals surface area contributed by atoms with Crippen molar-refractivity contribution < 1.29 is 19.1 Å². The molecule has 2 fully saturated rings. The molecule has 0 aromatic rings. The third-order valence-corrected chi connectivity index (χ3v) is 7.23. The fourth-order valence-electron chi connectivity index (χ4n) is 5.61. The zero-order chi connectivity index (χ0) is 24.8. The van der Waals surface area contributed by atoms with E-state index in [1.54, 1.807) is 0 Å². The molecule has 2 saturated carbocycles. The van der Waals surface area contributed by atoms with Crippen LogP contribution in [0.2, 0.25) is 0 Å². The van der Waals surface area contributed by atoms with Gasteiger partial charge in [-0.1, -0.05) is 32.1 Å². The van der Waals surface area contributed by atoms with Crippen LogP contribution in [-0.4, -0.2) is 36.0 Å². The fraction of sp³-hybridized carbons (Fsp3) is 0.905. The lowest BCUT2D eigenvalue weighted by Gasteiger charge is -2.40. The number of carbonyl (C=O) groups excluding carboxylic acids is 2. The maximum Gasteiger partial charge on any atom is 0.404 e. The molecule has 12 heteroatoms. The first-order chi connectivity index (χ1) is 15.2. The quantitative estimate of drug-likeness (QED) is 0.153. The van der Waals surface area contributed by atoms with Crippen LogP contribution in [0.4, 0.5) is 9.59 Å². The summed E-state index contributed by atoms with van der Waals surface area (Å²) in [7, 11) is 0. The lowest BCUT2D eigenvalue weighted by molar-refractivity contribution is 0.0222. The van der Waals surface area contributed by atoms with E-state index in [4.69, 9.17) is 55.3 Å². The van der Waals surface area contributed by atoms with Crippen LogP contribution in [0, 0.1) is 23.7 Å². The molecular formula is C21H44N8O4. The average Bonchev–Trinajstić information content (AvgIpc) is 2.65. The molecule has 33 heavy (non-hydrogen) atoms. The zero-order valence-electron chi connectivity index (χ0n) is 19.5. The lowest BCUT2D eigenvalue weighted by Crippen LogP contribution is -2.65. The molecule has 2 rings (SSSR count). The number of amides is 2. The monoisotopic (exact) mass is 472 g/mol. The van der Waals surface area contributed by atoms with Crippen molar-refractivity contribution in [3.63, 3.8) is 0 Å². The molecule has 2 aliphatic rings. The first-order valence-corrected chi connectivity index (χ1v) is 11.9. The highest BCUT2D eigenvalue weighted by molar-refractivity contribution is 5.65. The van der Waals surface area contributed by atoms with Crippen LogP contribution in [0.1, 0.15) is 70.6 Å². The summed E-state index contributed by atoms with van der Waals surface area (Å²) in [5, 5.41) is 0. The standard InChI is InChI=1S/C21H44N8O4/c22-18(30)32-16-8-12(6-14(10-16)20(24,25)26)4-2-1-3-5-13-7-15(21(27,28)29)11-17(9-13)33-19(23)31/h12-17H,1-11,24-29H2,(H2,22,30)(H2,23,31). The lowest BCUT2D eigenvalue weighted by atomic mass is 9.74. The zero-order valence-corrected chi connectivity index (χ0v) is 19.5. The first kappa shape index (κ1) is 27.5. The van der Waals surface area contributed by atoms with Gasteiger partial charge in [0, 0.05) is 11.8 Å². The third-order valence-electron chi connectivity index (χ3n) is 7.23. The van der Waals surface area contributed by atoms with E-state index < -0.39 is 23.8 Å². The fourth-order valence-corrected chi connectivity index (χ4v) is 5.61. The van der Waals surface area contributed by atoms with Gasteiger partial charge in [0.05, 0.1) is 0 Å². The van der Waals surface area contributed by atoms with E-state index >= 15 is 0 Å². The molecule has 12 nitrogen and oxygen atoms in total. The van der Waals surface area contributed by atoms with Crippen molar-refractivity contribution in [2.24, 2.45) is 69.5 Å². The highest BCUT2D eigenvalue weighted by atomic mass is 16.6. The molecule has 6 unspecified atom stereocenters. The minimum Gasteiger partial charge on any atom is -0.446 e. The summed E-state index contributed by atoms with van der Waals surface area (Å²) < 4.78 is 10.5. The Kier molecular flexibility index (Phi) is 9.70. The number of nitrogens with two attached hydrogens (primary N) is 8. The van der Waals surface area contributed by atoms with Gasteiger partial charge in [0.25, 0.3) is 0 Å². The Balaban J connectivity index is 1.79. The third kappa shape index (κ3) is 9.59. The molecule has 0 aromatic carbocycles. The van der Waals surface area contributed by atoms with E-state index in [2.05, 4.69) is 0 Å². The topological polar surface area (TPSA) is 261 Å². The smallest absolute Gasteiger partial charge is 0.404 e. The normalized spacial score (nSPS) is 31.1. The van der Waals surface area contributed by atoms with Gasteiger partial charge in [-0.25, -0.2) is 9.59 Å². The van der Waals surface area contributed by atoms with E-state index in [0.29, 0.717) is 24.7 Å². The number of hydrogen-bond acceptors (Lipinski definition) is 10. The molecule has 2 amide bonds. The van der Waals surface area contributed by atoms with E-state index in [0.717, 1.165) is 57.8 Å². The van der Waals surface area contributed by atoms with Gasteiger partial charge in [0.2, 0.25) is 0 Å². The Hall–Kier alpha value is -1.70. The predicted octanol–water partition coefficient (Wildman–Crippen LogP) is -0.243. The Morgan fingerprint density at radius 2 is 0.970 bits per heavy atom. The summed E-state index contributed by atoms with van der Waals surface area (Å²) in [5.41, 5.74) is 45.9. The van der Waals surface area contributed by atoms with Crippen LogP contribution >= 0.6 is 0 Å². The van der Waals surface area contributed by atoms with Crippen LogP contribution < -0.4 is 45.9 Å². The van der Waals surface area contributed by atoms with Gasteiger partial charge in [0.15, 0.2) is 0 Å². The summed E-state index contributed by atoms with van der Waals surface area (Å²) in [6.07, 6.45) is 6.86. The molecule has 0 saturated heterocycles.